The van der Waals surface area contributed by atoms with Crippen molar-refractivity contribution in [3.05, 3.63) is 65.7 Å². The van der Waals surface area contributed by atoms with E-state index < -0.39 is 0 Å². The van der Waals surface area contributed by atoms with E-state index in [9.17, 15) is 0 Å². The summed E-state index contributed by atoms with van der Waals surface area (Å²) in [5.41, 5.74) is 3.03. The highest BCUT2D eigenvalue weighted by Crippen LogP contribution is 2.33. The molecule has 0 fully saturated rings. The van der Waals surface area contributed by atoms with Gasteiger partial charge in [0.1, 0.15) is 0 Å². The summed E-state index contributed by atoms with van der Waals surface area (Å²) in [5, 5.41) is 0. The van der Waals surface area contributed by atoms with Crippen molar-refractivity contribution in [3.8, 4) is 0 Å². The van der Waals surface area contributed by atoms with E-state index in [2.05, 4.69) is 75.4 Å². The minimum Gasteiger partial charge on any atom is -0.121 e. The van der Waals surface area contributed by atoms with Crippen LogP contribution < -0.4 is 0 Å². The molecule has 2 rings (SSSR count). The van der Waals surface area contributed by atoms with Crippen LogP contribution >= 0.6 is 11.8 Å². The Morgan fingerprint density at radius 2 is 1.44 bits per heavy atom. The summed E-state index contributed by atoms with van der Waals surface area (Å²) in [7, 11) is 0. The maximum absolute atomic E-state index is 2.27. The molecule has 0 bridgehead atoms. The highest BCUT2D eigenvalue weighted by atomic mass is 32.2. The lowest BCUT2D eigenvalue weighted by Gasteiger charge is -2.22. The van der Waals surface area contributed by atoms with E-state index in [1.807, 2.05) is 11.8 Å². The molecule has 18 heavy (non-hydrogen) atoms. The van der Waals surface area contributed by atoms with Crippen molar-refractivity contribution in [1.29, 1.82) is 0 Å². The Morgan fingerprint density at radius 1 is 0.833 bits per heavy atom. The van der Waals surface area contributed by atoms with Crippen molar-refractivity contribution >= 4 is 11.8 Å². The predicted molar refractivity (Wildman–Crippen MR) is 81.1 cm³/mol. The van der Waals surface area contributed by atoms with E-state index in [1.54, 1.807) is 0 Å². The van der Waals surface area contributed by atoms with Gasteiger partial charge in [0.25, 0.3) is 0 Å². The van der Waals surface area contributed by atoms with Gasteiger partial charge in [-0.25, -0.2) is 0 Å². The summed E-state index contributed by atoms with van der Waals surface area (Å²) in [4.78, 5) is 1.40. The van der Waals surface area contributed by atoms with Gasteiger partial charge in [0.2, 0.25) is 0 Å². The molecule has 0 N–H and O–H groups in total. The van der Waals surface area contributed by atoms with Gasteiger partial charge in [0, 0.05) is 10.6 Å². The van der Waals surface area contributed by atoms with Crippen LogP contribution in [0.4, 0.5) is 0 Å². The van der Waals surface area contributed by atoms with E-state index in [0.717, 1.165) is 5.75 Å². The zero-order chi connectivity index (χ0) is 13.0. The molecule has 94 valence electrons. The molecule has 2 aromatic carbocycles. The first-order chi connectivity index (χ1) is 8.57. The van der Waals surface area contributed by atoms with Crippen molar-refractivity contribution in [1.82, 2.24) is 0 Å². The van der Waals surface area contributed by atoms with Gasteiger partial charge in [-0.15, -0.1) is 11.8 Å². The molecule has 2 aromatic rings. The summed E-state index contributed by atoms with van der Waals surface area (Å²) >= 11 is 1.93. The van der Waals surface area contributed by atoms with Crippen molar-refractivity contribution in [2.45, 2.75) is 36.8 Å². The van der Waals surface area contributed by atoms with E-state index in [-0.39, 0.29) is 5.41 Å². The van der Waals surface area contributed by atoms with Gasteiger partial charge in [-0.05, 0) is 22.6 Å². The molecule has 0 atom stereocenters. The van der Waals surface area contributed by atoms with Crippen LogP contribution in [0.1, 0.15) is 31.9 Å². The fourth-order valence-electron chi connectivity index (χ4n) is 1.95. The van der Waals surface area contributed by atoms with Gasteiger partial charge in [0.15, 0.2) is 0 Å². The molecule has 0 nitrogen and oxygen atoms in total. The third kappa shape index (κ3) is 3.39. The molecule has 0 amide bonds. The maximum Gasteiger partial charge on any atom is 0.0232 e. The lowest BCUT2D eigenvalue weighted by Crippen LogP contribution is -2.12. The van der Waals surface area contributed by atoms with Crippen molar-refractivity contribution < 1.29 is 0 Å². The van der Waals surface area contributed by atoms with Gasteiger partial charge < -0.3 is 0 Å². The molecule has 0 aliphatic heterocycles. The first-order valence-corrected chi connectivity index (χ1v) is 7.32. The zero-order valence-corrected chi connectivity index (χ0v) is 12.1. The highest BCUT2D eigenvalue weighted by Gasteiger charge is 2.17. The third-order valence-corrected chi connectivity index (χ3v) is 4.08. The lowest BCUT2D eigenvalue weighted by molar-refractivity contribution is 0.578. The van der Waals surface area contributed by atoms with Crippen LogP contribution in [-0.4, -0.2) is 0 Å². The Morgan fingerprint density at radius 3 is 2.11 bits per heavy atom. The summed E-state index contributed by atoms with van der Waals surface area (Å²) < 4.78 is 0. The van der Waals surface area contributed by atoms with E-state index in [1.165, 1.54) is 16.0 Å². The Hall–Kier alpha value is -1.21. The van der Waals surface area contributed by atoms with Crippen LogP contribution in [0.5, 0.6) is 0 Å². The number of rotatable bonds is 3. The summed E-state index contributed by atoms with van der Waals surface area (Å²) in [6.45, 7) is 6.82. The minimum absolute atomic E-state index is 0.209. The number of benzene rings is 2. The third-order valence-electron chi connectivity index (χ3n) is 2.93. The largest absolute Gasteiger partial charge is 0.121 e. The fourth-order valence-corrected chi connectivity index (χ4v) is 3.17. The number of hydrogen-bond acceptors (Lipinski definition) is 1. The van der Waals surface area contributed by atoms with Crippen LogP contribution in [0.15, 0.2) is 59.5 Å². The zero-order valence-electron chi connectivity index (χ0n) is 11.3. The molecule has 0 spiro atoms. The van der Waals surface area contributed by atoms with E-state index in [0.29, 0.717) is 0 Å². The Labute approximate surface area is 114 Å². The topological polar surface area (TPSA) is 0 Å². The number of thioether (sulfide) groups is 1. The van der Waals surface area contributed by atoms with Crippen molar-refractivity contribution in [3.63, 3.8) is 0 Å². The van der Waals surface area contributed by atoms with Crippen molar-refractivity contribution in [2.75, 3.05) is 0 Å². The molecular formula is C17H20S. The highest BCUT2D eigenvalue weighted by molar-refractivity contribution is 7.98. The summed E-state index contributed by atoms with van der Waals surface area (Å²) in [6.07, 6.45) is 0. The molecule has 0 aromatic heterocycles. The van der Waals surface area contributed by atoms with Gasteiger partial charge in [-0.3, -0.25) is 0 Å². The average Bonchev–Trinajstić information content (AvgIpc) is 2.37. The molecular weight excluding hydrogens is 236 g/mol. The molecule has 0 heterocycles. The molecule has 0 saturated heterocycles. The second kappa shape index (κ2) is 5.62. The molecule has 0 radical (unpaired) electrons. The predicted octanol–water partition coefficient (Wildman–Crippen LogP) is 5.28. The normalized spacial score (nSPS) is 11.5. The van der Waals surface area contributed by atoms with Gasteiger partial charge >= 0.3 is 0 Å². The first kappa shape index (κ1) is 13.2. The maximum atomic E-state index is 2.27. The average molecular weight is 256 g/mol. The Balaban J connectivity index is 2.15. The smallest absolute Gasteiger partial charge is 0.0232 e. The summed E-state index contributed by atoms with van der Waals surface area (Å²) in [6, 6.07) is 19.4. The molecule has 1 heteroatoms. The monoisotopic (exact) mass is 256 g/mol. The van der Waals surface area contributed by atoms with Gasteiger partial charge in [-0.2, -0.15) is 0 Å². The van der Waals surface area contributed by atoms with Crippen LogP contribution in [0.2, 0.25) is 0 Å². The number of hydrogen-bond donors (Lipinski definition) is 0. The molecule has 0 aliphatic carbocycles. The fraction of sp³-hybridized carbons (Fsp3) is 0.294. The second-order valence-corrected chi connectivity index (χ2v) is 6.54. The van der Waals surface area contributed by atoms with Crippen LogP contribution in [-0.2, 0) is 11.2 Å². The quantitative estimate of drug-likeness (QED) is 0.674. The molecule has 0 aliphatic rings. The first-order valence-electron chi connectivity index (χ1n) is 6.33. The van der Waals surface area contributed by atoms with Crippen LogP contribution in [0.25, 0.3) is 0 Å². The van der Waals surface area contributed by atoms with Gasteiger partial charge in [-0.1, -0.05) is 69.3 Å². The Bertz CT molecular complexity index is 495. The minimum atomic E-state index is 0.209. The van der Waals surface area contributed by atoms with Crippen LogP contribution in [0, 0.1) is 0 Å². The van der Waals surface area contributed by atoms with Crippen molar-refractivity contribution in [2.24, 2.45) is 0 Å². The summed E-state index contributed by atoms with van der Waals surface area (Å²) in [5.74, 6) is 1.04. The van der Waals surface area contributed by atoms with Gasteiger partial charge in [0.05, 0.1) is 0 Å². The van der Waals surface area contributed by atoms with E-state index >= 15 is 0 Å². The SMILES string of the molecule is CC(C)(C)c1ccccc1SCc1ccccc1. The van der Waals surface area contributed by atoms with E-state index in [4.69, 9.17) is 0 Å². The second-order valence-electron chi connectivity index (χ2n) is 5.52. The van der Waals surface area contributed by atoms with Crippen LogP contribution in [0.3, 0.4) is 0 Å². The molecule has 0 saturated carbocycles. The lowest BCUT2D eigenvalue weighted by atomic mass is 9.87. The Kier molecular flexibility index (Phi) is 4.13. The standard InChI is InChI=1S/C17H20S/c1-17(2,3)15-11-7-8-12-16(15)18-13-14-9-5-4-6-10-14/h4-12H,13H2,1-3H3. The molecule has 0 unspecified atom stereocenters.